The molecule has 2 rings (SSSR count). The maximum Gasteiger partial charge on any atom is 0.0671 e. The van der Waals surface area contributed by atoms with Gasteiger partial charge in [-0.15, -0.1) is 0 Å². The highest BCUT2D eigenvalue weighted by molar-refractivity contribution is 5.62. The van der Waals surface area contributed by atoms with Gasteiger partial charge in [-0.05, 0) is 55.1 Å². The van der Waals surface area contributed by atoms with Crippen LogP contribution in [0, 0.1) is 0 Å². The van der Waals surface area contributed by atoms with E-state index in [1.165, 1.54) is 31.5 Å². The fraction of sp³-hybridized carbons (Fsp3) is 0.533. The molecule has 0 aliphatic carbocycles. The first kappa shape index (κ1) is 12.3. The second kappa shape index (κ2) is 5.46. The van der Waals surface area contributed by atoms with E-state index in [0.29, 0.717) is 5.92 Å². The molecule has 0 atom stereocenters. The maximum absolute atomic E-state index is 4.44. The van der Waals surface area contributed by atoms with Gasteiger partial charge in [0.1, 0.15) is 0 Å². The maximum atomic E-state index is 4.44. The Hall–Kier alpha value is -1.15. The Labute approximate surface area is 104 Å². The second-order valence-electron chi connectivity index (χ2n) is 5.22. The van der Waals surface area contributed by atoms with Crippen molar-refractivity contribution in [2.45, 2.75) is 32.6 Å². The molecule has 0 amide bonds. The van der Waals surface area contributed by atoms with Crippen molar-refractivity contribution in [3.63, 3.8) is 0 Å². The highest BCUT2D eigenvalue weighted by Gasteiger charge is 2.13. The molecule has 92 valence electrons. The minimum atomic E-state index is 0.552. The predicted octanol–water partition coefficient (Wildman–Crippen LogP) is 3.31. The topological polar surface area (TPSA) is 16.1 Å². The summed E-state index contributed by atoms with van der Waals surface area (Å²) in [5, 5.41) is 0. The third kappa shape index (κ3) is 3.16. The van der Waals surface area contributed by atoms with E-state index in [0.717, 1.165) is 17.8 Å². The third-order valence-corrected chi connectivity index (χ3v) is 3.43. The van der Waals surface area contributed by atoms with Gasteiger partial charge in [0.2, 0.25) is 0 Å². The largest absolute Gasteiger partial charge is 0.299 e. The van der Waals surface area contributed by atoms with Gasteiger partial charge in [0, 0.05) is 12.7 Å². The number of pyridine rings is 1. The Bertz CT molecular complexity index is 390. The number of hydrogen-bond acceptors (Lipinski definition) is 2. The molecule has 1 aliphatic rings. The molecule has 0 spiro atoms. The smallest absolute Gasteiger partial charge is 0.0671 e. The van der Waals surface area contributed by atoms with E-state index in [9.17, 15) is 0 Å². The van der Waals surface area contributed by atoms with E-state index < -0.39 is 0 Å². The Balaban J connectivity index is 2.05. The van der Waals surface area contributed by atoms with Crippen LogP contribution in [-0.2, 0) is 0 Å². The van der Waals surface area contributed by atoms with E-state index in [4.69, 9.17) is 0 Å². The van der Waals surface area contributed by atoms with Gasteiger partial charge < -0.3 is 0 Å². The van der Waals surface area contributed by atoms with Gasteiger partial charge in [-0.2, -0.15) is 0 Å². The van der Waals surface area contributed by atoms with Crippen molar-refractivity contribution in [2.24, 2.45) is 0 Å². The third-order valence-electron chi connectivity index (χ3n) is 3.43. The number of hydrogen-bond donors (Lipinski definition) is 0. The van der Waals surface area contributed by atoms with Crippen molar-refractivity contribution in [1.82, 2.24) is 9.88 Å². The van der Waals surface area contributed by atoms with Crippen LogP contribution >= 0.6 is 0 Å². The molecule has 1 fully saturated rings. The lowest BCUT2D eigenvalue weighted by Gasteiger charge is -2.16. The normalized spacial score (nSPS) is 16.6. The lowest BCUT2D eigenvalue weighted by molar-refractivity contribution is 0.382. The Kier molecular flexibility index (Phi) is 3.95. The van der Waals surface area contributed by atoms with E-state index in [1.807, 2.05) is 6.20 Å². The number of rotatable bonds is 4. The summed E-state index contributed by atoms with van der Waals surface area (Å²) in [6.07, 6.45) is 4.55. The molecule has 0 aromatic carbocycles. The molecule has 1 aromatic rings. The van der Waals surface area contributed by atoms with Crippen LogP contribution in [0.15, 0.2) is 24.9 Å². The van der Waals surface area contributed by atoms with Crippen LogP contribution in [0.4, 0.5) is 0 Å². The van der Waals surface area contributed by atoms with Gasteiger partial charge in [0.25, 0.3) is 0 Å². The minimum Gasteiger partial charge on any atom is -0.299 e. The van der Waals surface area contributed by atoms with Gasteiger partial charge in [0.15, 0.2) is 0 Å². The molecule has 0 bridgehead atoms. The SMILES string of the molecule is C=C(CN1CCCC1)c1cc(C(C)C)ccn1. The quantitative estimate of drug-likeness (QED) is 0.789. The molecular weight excluding hydrogens is 208 g/mol. The van der Waals surface area contributed by atoms with E-state index in [2.05, 4.69) is 42.4 Å². The summed E-state index contributed by atoms with van der Waals surface area (Å²) in [6, 6.07) is 4.28. The molecular formula is C15H22N2. The minimum absolute atomic E-state index is 0.552. The molecule has 0 saturated carbocycles. The highest BCUT2D eigenvalue weighted by Crippen LogP contribution is 2.19. The summed E-state index contributed by atoms with van der Waals surface area (Å²) in [5.41, 5.74) is 3.55. The van der Waals surface area contributed by atoms with Gasteiger partial charge in [-0.1, -0.05) is 20.4 Å². The van der Waals surface area contributed by atoms with Crippen molar-refractivity contribution in [1.29, 1.82) is 0 Å². The second-order valence-corrected chi connectivity index (χ2v) is 5.22. The average molecular weight is 230 g/mol. The van der Waals surface area contributed by atoms with Gasteiger partial charge >= 0.3 is 0 Å². The molecule has 17 heavy (non-hydrogen) atoms. The molecule has 1 aromatic heterocycles. The molecule has 2 heterocycles. The van der Waals surface area contributed by atoms with Crippen molar-refractivity contribution >= 4 is 5.57 Å². The number of likely N-dealkylation sites (tertiary alicyclic amines) is 1. The molecule has 1 saturated heterocycles. The summed E-state index contributed by atoms with van der Waals surface area (Å²) in [6.45, 7) is 12.0. The lowest BCUT2D eigenvalue weighted by atomic mass is 10.0. The first-order chi connectivity index (χ1) is 8.16. The fourth-order valence-corrected chi connectivity index (χ4v) is 2.29. The van der Waals surface area contributed by atoms with Crippen molar-refractivity contribution in [3.05, 3.63) is 36.2 Å². The van der Waals surface area contributed by atoms with Crippen LogP contribution in [0.2, 0.25) is 0 Å². The molecule has 2 heteroatoms. The predicted molar refractivity (Wildman–Crippen MR) is 73.0 cm³/mol. The molecule has 2 nitrogen and oxygen atoms in total. The first-order valence-electron chi connectivity index (χ1n) is 6.53. The van der Waals surface area contributed by atoms with Crippen LogP contribution in [0.3, 0.4) is 0 Å². The first-order valence-corrected chi connectivity index (χ1v) is 6.53. The van der Waals surface area contributed by atoms with E-state index >= 15 is 0 Å². The van der Waals surface area contributed by atoms with Crippen LogP contribution in [0.1, 0.15) is 43.9 Å². The molecule has 0 N–H and O–H groups in total. The number of aromatic nitrogens is 1. The average Bonchev–Trinajstić information content (AvgIpc) is 2.82. The summed E-state index contributed by atoms with van der Waals surface area (Å²) in [4.78, 5) is 6.90. The zero-order valence-corrected chi connectivity index (χ0v) is 10.9. The van der Waals surface area contributed by atoms with Gasteiger partial charge in [0.05, 0.1) is 5.69 Å². The summed E-state index contributed by atoms with van der Waals surface area (Å²) in [7, 11) is 0. The lowest BCUT2D eigenvalue weighted by Crippen LogP contribution is -2.21. The zero-order chi connectivity index (χ0) is 12.3. The molecule has 0 unspecified atom stereocenters. The van der Waals surface area contributed by atoms with Crippen LogP contribution < -0.4 is 0 Å². The van der Waals surface area contributed by atoms with E-state index in [1.54, 1.807) is 0 Å². The Morgan fingerprint density at radius 1 is 1.41 bits per heavy atom. The number of nitrogens with zero attached hydrogens (tertiary/aromatic N) is 2. The van der Waals surface area contributed by atoms with Crippen LogP contribution in [0.5, 0.6) is 0 Å². The van der Waals surface area contributed by atoms with Crippen molar-refractivity contribution < 1.29 is 0 Å². The summed E-state index contributed by atoms with van der Waals surface area (Å²) < 4.78 is 0. The Morgan fingerprint density at radius 3 is 2.76 bits per heavy atom. The standard InChI is InChI=1S/C15H22N2/c1-12(2)14-6-7-16-15(10-14)13(3)11-17-8-4-5-9-17/h6-7,10,12H,3-5,8-9,11H2,1-2H3. The molecule has 0 radical (unpaired) electrons. The fourth-order valence-electron chi connectivity index (χ4n) is 2.29. The van der Waals surface area contributed by atoms with Crippen LogP contribution in [-0.4, -0.2) is 29.5 Å². The summed E-state index contributed by atoms with van der Waals surface area (Å²) in [5.74, 6) is 0.552. The monoisotopic (exact) mass is 230 g/mol. The van der Waals surface area contributed by atoms with Crippen molar-refractivity contribution in [2.75, 3.05) is 19.6 Å². The van der Waals surface area contributed by atoms with Crippen LogP contribution in [0.25, 0.3) is 5.57 Å². The highest BCUT2D eigenvalue weighted by atomic mass is 15.1. The molecule has 1 aliphatic heterocycles. The van der Waals surface area contributed by atoms with Crippen molar-refractivity contribution in [3.8, 4) is 0 Å². The van der Waals surface area contributed by atoms with E-state index in [-0.39, 0.29) is 0 Å². The van der Waals surface area contributed by atoms with Gasteiger partial charge in [-0.3, -0.25) is 9.88 Å². The zero-order valence-electron chi connectivity index (χ0n) is 10.9. The van der Waals surface area contributed by atoms with Gasteiger partial charge in [-0.25, -0.2) is 0 Å². The Morgan fingerprint density at radius 2 is 2.12 bits per heavy atom. The summed E-state index contributed by atoms with van der Waals surface area (Å²) >= 11 is 0.